The predicted octanol–water partition coefficient (Wildman–Crippen LogP) is 5.28. The first-order valence-corrected chi connectivity index (χ1v) is 10.5. The minimum atomic E-state index is -1.01. The summed E-state index contributed by atoms with van der Waals surface area (Å²) in [5, 5.41) is 21.3. The number of amides is 1. The van der Waals surface area contributed by atoms with Crippen LogP contribution in [0, 0.1) is 11.3 Å². The molecule has 0 atom stereocenters. The van der Waals surface area contributed by atoms with E-state index in [1.54, 1.807) is 48.5 Å². The van der Waals surface area contributed by atoms with Crippen molar-refractivity contribution in [3.63, 3.8) is 0 Å². The summed E-state index contributed by atoms with van der Waals surface area (Å²) in [5.41, 5.74) is 1.84. The number of carbonyl (C=O) groups is 2. The van der Waals surface area contributed by atoms with Gasteiger partial charge in [0.25, 0.3) is 5.91 Å². The number of methoxy groups -OCH3 is 1. The Hall–Kier alpha value is -4.09. The maximum absolute atomic E-state index is 12.7. The predicted molar refractivity (Wildman–Crippen MR) is 127 cm³/mol. The largest absolute Gasteiger partial charge is 0.493 e. The van der Waals surface area contributed by atoms with Crippen molar-refractivity contribution < 1.29 is 24.2 Å². The summed E-state index contributed by atoms with van der Waals surface area (Å²) < 4.78 is 12.1. The van der Waals surface area contributed by atoms with Crippen LogP contribution in [0.25, 0.3) is 6.08 Å². The number of anilines is 1. The number of nitriles is 1. The summed E-state index contributed by atoms with van der Waals surface area (Å²) in [4.78, 5) is 23.7. The molecule has 3 rings (SSSR count). The van der Waals surface area contributed by atoms with Crippen molar-refractivity contribution in [3.8, 4) is 17.6 Å². The summed E-state index contributed by atoms with van der Waals surface area (Å²) in [5.74, 6) is -0.792. The number of ether oxygens (including phenoxy) is 2. The van der Waals surface area contributed by atoms with E-state index in [0.717, 1.165) is 10.0 Å². The molecule has 0 aliphatic carbocycles. The quantitative estimate of drug-likeness (QED) is 0.317. The molecular formula is C25H19BrN2O5. The summed E-state index contributed by atoms with van der Waals surface area (Å²) >= 11 is 3.34. The summed E-state index contributed by atoms with van der Waals surface area (Å²) in [7, 11) is 1.49. The van der Waals surface area contributed by atoms with E-state index in [9.17, 15) is 14.9 Å². The lowest BCUT2D eigenvalue weighted by molar-refractivity contribution is -0.112. The molecule has 1 amide bonds. The van der Waals surface area contributed by atoms with Gasteiger partial charge in [-0.2, -0.15) is 5.26 Å². The molecule has 0 fully saturated rings. The lowest BCUT2D eigenvalue weighted by Crippen LogP contribution is -2.13. The Kier molecular flexibility index (Phi) is 7.84. The van der Waals surface area contributed by atoms with Crippen LogP contribution in [0.2, 0.25) is 0 Å². The van der Waals surface area contributed by atoms with Crippen molar-refractivity contribution in [2.75, 3.05) is 12.4 Å². The third kappa shape index (κ3) is 6.21. The van der Waals surface area contributed by atoms with E-state index in [1.165, 1.54) is 25.3 Å². The zero-order valence-electron chi connectivity index (χ0n) is 17.5. The fourth-order valence-electron chi connectivity index (χ4n) is 2.93. The first-order chi connectivity index (χ1) is 15.9. The van der Waals surface area contributed by atoms with Gasteiger partial charge in [0, 0.05) is 15.7 Å². The van der Waals surface area contributed by atoms with E-state index in [0.29, 0.717) is 22.7 Å². The van der Waals surface area contributed by atoms with Gasteiger partial charge >= 0.3 is 5.97 Å². The molecule has 0 saturated heterocycles. The molecule has 0 aliphatic rings. The van der Waals surface area contributed by atoms with Crippen LogP contribution in [0.5, 0.6) is 11.5 Å². The van der Waals surface area contributed by atoms with Crippen LogP contribution in [0.4, 0.5) is 5.69 Å². The van der Waals surface area contributed by atoms with E-state index in [1.807, 2.05) is 12.1 Å². The van der Waals surface area contributed by atoms with E-state index in [2.05, 4.69) is 21.2 Å². The lowest BCUT2D eigenvalue weighted by Gasteiger charge is -2.14. The number of para-hydroxylation sites is 1. The Balaban J connectivity index is 1.85. The van der Waals surface area contributed by atoms with Crippen LogP contribution >= 0.6 is 15.9 Å². The van der Waals surface area contributed by atoms with E-state index in [-0.39, 0.29) is 17.7 Å². The molecule has 2 N–H and O–H groups in total. The summed E-state index contributed by atoms with van der Waals surface area (Å²) in [6.07, 6.45) is 1.43. The molecule has 3 aromatic carbocycles. The van der Waals surface area contributed by atoms with Crippen LogP contribution < -0.4 is 14.8 Å². The number of nitrogens with one attached hydrogen (secondary N) is 1. The zero-order valence-corrected chi connectivity index (χ0v) is 19.1. The number of benzene rings is 3. The van der Waals surface area contributed by atoms with Gasteiger partial charge in [0.15, 0.2) is 11.5 Å². The van der Waals surface area contributed by atoms with Crippen molar-refractivity contribution >= 4 is 39.6 Å². The molecule has 0 radical (unpaired) electrons. The molecule has 0 heterocycles. The third-order valence-electron chi connectivity index (χ3n) is 4.56. The van der Waals surface area contributed by atoms with Gasteiger partial charge in [-0.25, -0.2) is 4.79 Å². The van der Waals surface area contributed by atoms with Gasteiger partial charge in [-0.05, 0) is 48.0 Å². The highest BCUT2D eigenvalue weighted by molar-refractivity contribution is 9.10. The lowest BCUT2D eigenvalue weighted by atomic mass is 10.1. The molecule has 166 valence electrons. The first kappa shape index (κ1) is 23.6. The van der Waals surface area contributed by atoms with Gasteiger partial charge in [-0.15, -0.1) is 0 Å². The van der Waals surface area contributed by atoms with Crippen molar-refractivity contribution in [1.82, 2.24) is 0 Å². The minimum Gasteiger partial charge on any atom is -0.493 e. The number of carboxylic acids is 1. The van der Waals surface area contributed by atoms with Gasteiger partial charge in [0.1, 0.15) is 18.2 Å². The Morgan fingerprint density at radius 2 is 1.85 bits per heavy atom. The highest BCUT2D eigenvalue weighted by Crippen LogP contribution is 2.33. The zero-order chi connectivity index (χ0) is 23.8. The van der Waals surface area contributed by atoms with Crippen LogP contribution in [-0.4, -0.2) is 24.1 Å². The molecule has 33 heavy (non-hydrogen) atoms. The Morgan fingerprint density at radius 1 is 1.12 bits per heavy atom. The minimum absolute atomic E-state index is 0.112. The monoisotopic (exact) mass is 506 g/mol. The fourth-order valence-corrected chi connectivity index (χ4v) is 3.33. The molecular weight excluding hydrogens is 488 g/mol. The van der Waals surface area contributed by atoms with Gasteiger partial charge < -0.3 is 19.9 Å². The number of hydrogen-bond acceptors (Lipinski definition) is 5. The normalized spacial score (nSPS) is 10.8. The molecule has 7 nitrogen and oxygen atoms in total. The Bertz CT molecular complexity index is 1250. The second kappa shape index (κ2) is 11.0. The van der Waals surface area contributed by atoms with Crippen molar-refractivity contribution in [1.29, 1.82) is 5.26 Å². The van der Waals surface area contributed by atoms with Gasteiger partial charge in [0.05, 0.1) is 12.7 Å². The van der Waals surface area contributed by atoms with E-state index >= 15 is 0 Å². The number of nitrogens with zero attached hydrogens (tertiary/aromatic N) is 1. The highest BCUT2D eigenvalue weighted by atomic mass is 79.9. The third-order valence-corrected chi connectivity index (χ3v) is 5.05. The van der Waals surface area contributed by atoms with Gasteiger partial charge in [-0.1, -0.05) is 46.3 Å². The number of carbonyl (C=O) groups excluding carboxylic acids is 1. The maximum atomic E-state index is 12.7. The second-order valence-electron chi connectivity index (χ2n) is 6.80. The molecule has 0 aliphatic heterocycles. The fraction of sp³-hybridized carbons (Fsp3) is 0.0800. The van der Waals surface area contributed by atoms with Crippen LogP contribution in [0.15, 0.2) is 76.8 Å². The van der Waals surface area contributed by atoms with Crippen LogP contribution in [0.3, 0.4) is 0 Å². The topological polar surface area (TPSA) is 109 Å². The summed E-state index contributed by atoms with van der Waals surface area (Å²) in [6.45, 7) is 0.132. The standard InChI is InChI=1S/C25H19BrN2O5/c1-32-22-7-2-4-18(23(22)33-15-16-8-10-17(11-9-16)25(30)31)12-19(14-27)24(29)28-21-6-3-5-20(26)13-21/h2-13H,15H2,1H3,(H,28,29)(H,30,31)/b19-12-. The van der Waals surface area contributed by atoms with Crippen LogP contribution in [-0.2, 0) is 11.4 Å². The molecule has 0 unspecified atom stereocenters. The molecule has 0 aromatic heterocycles. The number of halogens is 1. The molecule has 0 saturated carbocycles. The van der Waals surface area contributed by atoms with Gasteiger partial charge in [-0.3, -0.25) is 4.79 Å². The SMILES string of the molecule is COc1cccc(/C=C(/C#N)C(=O)Nc2cccc(Br)c2)c1OCc1ccc(C(=O)O)cc1. The molecule has 0 bridgehead atoms. The number of hydrogen-bond donors (Lipinski definition) is 2. The van der Waals surface area contributed by atoms with Gasteiger partial charge in [0.2, 0.25) is 0 Å². The first-order valence-electron chi connectivity index (χ1n) is 9.72. The van der Waals surface area contributed by atoms with E-state index in [4.69, 9.17) is 14.6 Å². The number of rotatable bonds is 8. The van der Waals surface area contributed by atoms with Crippen LogP contribution in [0.1, 0.15) is 21.5 Å². The van der Waals surface area contributed by atoms with E-state index < -0.39 is 11.9 Å². The van der Waals surface area contributed by atoms with Crippen molar-refractivity contribution in [2.45, 2.75) is 6.61 Å². The Labute approximate surface area is 199 Å². The maximum Gasteiger partial charge on any atom is 0.335 e. The number of carboxylic acid groups (broad SMARTS) is 1. The average molecular weight is 507 g/mol. The second-order valence-corrected chi connectivity index (χ2v) is 7.72. The van der Waals surface area contributed by atoms with Crippen molar-refractivity contribution in [3.05, 3.63) is 93.5 Å². The molecule has 0 spiro atoms. The molecule has 3 aromatic rings. The molecule has 8 heteroatoms. The highest BCUT2D eigenvalue weighted by Gasteiger charge is 2.15. The summed E-state index contributed by atoms with van der Waals surface area (Å²) in [6, 6.07) is 20.4. The number of aromatic carboxylic acids is 1. The smallest absolute Gasteiger partial charge is 0.335 e. The Morgan fingerprint density at radius 3 is 2.48 bits per heavy atom. The van der Waals surface area contributed by atoms with Crippen molar-refractivity contribution in [2.24, 2.45) is 0 Å². The average Bonchev–Trinajstić information content (AvgIpc) is 2.81.